The Morgan fingerprint density at radius 2 is 1.86 bits per heavy atom. The third-order valence-corrected chi connectivity index (χ3v) is 3.35. The molecule has 122 valence electrons. The molecule has 2 amide bonds. The highest BCUT2D eigenvalue weighted by molar-refractivity contribution is 5.84. The van der Waals surface area contributed by atoms with E-state index < -0.39 is 24.2 Å². The third kappa shape index (κ3) is 4.55. The standard InChI is InChI=1S/C12H18F4N2O3/c13-10(14)12(15,16)11(21)18-5-2-8(3-6-18)9(20)17-4-1-7-19/h8,10,19H,1-7H2,(H,17,20). The van der Waals surface area contributed by atoms with Crippen LogP contribution < -0.4 is 5.32 Å². The molecule has 1 rings (SSSR count). The number of hydrogen-bond donors (Lipinski definition) is 2. The van der Waals surface area contributed by atoms with Gasteiger partial charge in [0.05, 0.1) is 0 Å². The van der Waals surface area contributed by atoms with E-state index in [0.717, 1.165) is 0 Å². The van der Waals surface area contributed by atoms with Gasteiger partial charge in [-0.25, -0.2) is 8.78 Å². The second kappa shape index (κ2) is 7.58. The molecule has 0 unspecified atom stereocenters. The molecule has 1 saturated heterocycles. The first-order chi connectivity index (χ1) is 9.80. The number of alkyl halides is 4. The number of carbonyl (C=O) groups is 2. The summed E-state index contributed by atoms with van der Waals surface area (Å²) in [4.78, 5) is 23.7. The highest BCUT2D eigenvalue weighted by Gasteiger charge is 2.51. The summed E-state index contributed by atoms with van der Waals surface area (Å²) < 4.78 is 50.1. The molecule has 1 aliphatic heterocycles. The summed E-state index contributed by atoms with van der Waals surface area (Å²) in [5, 5.41) is 11.2. The van der Waals surface area contributed by atoms with Gasteiger partial charge in [-0.05, 0) is 19.3 Å². The van der Waals surface area contributed by atoms with Gasteiger partial charge in [-0.2, -0.15) is 8.78 Å². The summed E-state index contributed by atoms with van der Waals surface area (Å²) in [5.41, 5.74) is 0. The molecule has 0 aliphatic carbocycles. The van der Waals surface area contributed by atoms with Gasteiger partial charge in [-0.3, -0.25) is 9.59 Å². The zero-order valence-electron chi connectivity index (χ0n) is 11.3. The predicted octanol–water partition coefficient (Wildman–Crippen LogP) is 0.624. The van der Waals surface area contributed by atoms with Crippen molar-refractivity contribution in [2.24, 2.45) is 5.92 Å². The Bertz CT molecular complexity index is 372. The van der Waals surface area contributed by atoms with E-state index in [1.807, 2.05) is 0 Å². The number of aliphatic hydroxyl groups excluding tert-OH is 1. The van der Waals surface area contributed by atoms with Crippen LogP contribution in [-0.2, 0) is 9.59 Å². The van der Waals surface area contributed by atoms with Crippen molar-refractivity contribution in [3.8, 4) is 0 Å². The Labute approximate surface area is 119 Å². The fourth-order valence-electron chi connectivity index (χ4n) is 2.08. The minimum Gasteiger partial charge on any atom is -0.396 e. The van der Waals surface area contributed by atoms with Crippen LogP contribution in [0.25, 0.3) is 0 Å². The molecule has 0 atom stereocenters. The molecule has 9 heteroatoms. The minimum absolute atomic E-state index is 0.0596. The summed E-state index contributed by atoms with van der Waals surface area (Å²) in [6.07, 6.45) is -3.33. The van der Waals surface area contributed by atoms with Gasteiger partial charge < -0.3 is 15.3 Å². The highest BCUT2D eigenvalue weighted by atomic mass is 19.3. The van der Waals surface area contributed by atoms with E-state index in [9.17, 15) is 27.2 Å². The number of likely N-dealkylation sites (tertiary alicyclic amines) is 1. The van der Waals surface area contributed by atoms with Crippen LogP contribution in [0.5, 0.6) is 0 Å². The summed E-state index contributed by atoms with van der Waals surface area (Å²) in [5.74, 6) is -7.29. The lowest BCUT2D eigenvalue weighted by Gasteiger charge is -2.33. The summed E-state index contributed by atoms with van der Waals surface area (Å²) >= 11 is 0. The van der Waals surface area contributed by atoms with Crippen LogP contribution in [0.3, 0.4) is 0 Å². The molecule has 0 aromatic carbocycles. The van der Waals surface area contributed by atoms with Gasteiger partial charge in [-0.15, -0.1) is 0 Å². The van der Waals surface area contributed by atoms with Gasteiger partial charge in [0, 0.05) is 32.2 Å². The van der Waals surface area contributed by atoms with Crippen molar-refractivity contribution < 1.29 is 32.3 Å². The number of aliphatic hydroxyl groups is 1. The molecule has 1 heterocycles. The maximum absolute atomic E-state index is 12.9. The van der Waals surface area contributed by atoms with E-state index in [1.165, 1.54) is 0 Å². The molecule has 0 radical (unpaired) electrons. The second-order valence-electron chi connectivity index (χ2n) is 4.86. The number of nitrogens with one attached hydrogen (secondary N) is 1. The fourth-order valence-corrected chi connectivity index (χ4v) is 2.08. The van der Waals surface area contributed by atoms with Gasteiger partial charge in [0.25, 0.3) is 5.91 Å². The van der Waals surface area contributed by atoms with E-state index >= 15 is 0 Å². The topological polar surface area (TPSA) is 69.6 Å². The molecule has 21 heavy (non-hydrogen) atoms. The lowest BCUT2D eigenvalue weighted by Crippen LogP contribution is -2.51. The number of hydrogen-bond acceptors (Lipinski definition) is 3. The zero-order valence-corrected chi connectivity index (χ0v) is 11.3. The number of amides is 2. The van der Waals surface area contributed by atoms with E-state index in [1.54, 1.807) is 0 Å². The Hall–Kier alpha value is -1.38. The quantitative estimate of drug-likeness (QED) is 0.558. The molecule has 2 N–H and O–H groups in total. The maximum Gasteiger partial charge on any atom is 0.383 e. The number of nitrogens with zero attached hydrogens (tertiary/aromatic N) is 1. The van der Waals surface area contributed by atoms with E-state index in [4.69, 9.17) is 5.11 Å². The van der Waals surface area contributed by atoms with Crippen molar-refractivity contribution in [1.29, 1.82) is 0 Å². The molecular weight excluding hydrogens is 296 g/mol. The van der Waals surface area contributed by atoms with Crippen LogP contribution in [0.15, 0.2) is 0 Å². The number of rotatable bonds is 6. The van der Waals surface area contributed by atoms with Gasteiger partial charge in [0.2, 0.25) is 5.91 Å². The van der Waals surface area contributed by atoms with Crippen molar-refractivity contribution in [3.63, 3.8) is 0 Å². The minimum atomic E-state index is -4.68. The smallest absolute Gasteiger partial charge is 0.383 e. The van der Waals surface area contributed by atoms with Crippen LogP contribution in [0.4, 0.5) is 17.6 Å². The Morgan fingerprint density at radius 3 is 2.33 bits per heavy atom. The lowest BCUT2D eigenvalue weighted by molar-refractivity contribution is -0.182. The molecule has 0 spiro atoms. The first-order valence-corrected chi connectivity index (χ1v) is 6.64. The van der Waals surface area contributed by atoms with Crippen molar-refractivity contribution in [2.75, 3.05) is 26.2 Å². The van der Waals surface area contributed by atoms with Crippen molar-refractivity contribution in [1.82, 2.24) is 10.2 Å². The SMILES string of the molecule is O=C(NCCCO)C1CCN(C(=O)C(F)(F)C(F)F)CC1. The van der Waals surface area contributed by atoms with Crippen molar-refractivity contribution in [3.05, 3.63) is 0 Å². The van der Waals surface area contributed by atoms with Crippen LogP contribution in [0.2, 0.25) is 0 Å². The predicted molar refractivity (Wildman–Crippen MR) is 65.0 cm³/mol. The zero-order chi connectivity index (χ0) is 16.0. The number of halogens is 4. The molecule has 0 aromatic rings. The normalized spacial score (nSPS) is 17.1. The molecule has 1 aliphatic rings. The third-order valence-electron chi connectivity index (χ3n) is 3.35. The number of carbonyl (C=O) groups excluding carboxylic acids is 2. The molecule has 1 fully saturated rings. The van der Waals surface area contributed by atoms with E-state index in [2.05, 4.69) is 5.32 Å². The lowest BCUT2D eigenvalue weighted by atomic mass is 9.95. The van der Waals surface area contributed by atoms with Crippen molar-refractivity contribution >= 4 is 11.8 Å². The van der Waals surface area contributed by atoms with Crippen LogP contribution in [-0.4, -0.2) is 60.4 Å². The maximum atomic E-state index is 12.9. The first kappa shape index (κ1) is 17.7. The number of piperidine rings is 1. The largest absolute Gasteiger partial charge is 0.396 e. The summed E-state index contributed by atoms with van der Waals surface area (Å²) in [7, 11) is 0. The molecule has 0 bridgehead atoms. The Morgan fingerprint density at radius 1 is 1.29 bits per heavy atom. The van der Waals surface area contributed by atoms with E-state index in [0.29, 0.717) is 17.9 Å². The summed E-state index contributed by atoms with van der Waals surface area (Å²) in [6, 6.07) is 0. The first-order valence-electron chi connectivity index (χ1n) is 6.64. The van der Waals surface area contributed by atoms with Crippen molar-refractivity contribution in [2.45, 2.75) is 31.6 Å². The monoisotopic (exact) mass is 314 g/mol. The van der Waals surface area contributed by atoms with Crippen LogP contribution >= 0.6 is 0 Å². The highest BCUT2D eigenvalue weighted by Crippen LogP contribution is 2.28. The molecular formula is C12H18F4N2O3. The van der Waals surface area contributed by atoms with E-state index in [-0.39, 0.29) is 38.4 Å². The summed E-state index contributed by atoms with van der Waals surface area (Å²) in [6.45, 7) is -0.0632. The second-order valence-corrected chi connectivity index (χ2v) is 4.86. The van der Waals surface area contributed by atoms with Gasteiger partial charge in [0.1, 0.15) is 0 Å². The van der Waals surface area contributed by atoms with Gasteiger partial charge >= 0.3 is 12.3 Å². The molecule has 5 nitrogen and oxygen atoms in total. The van der Waals surface area contributed by atoms with Gasteiger partial charge in [-0.1, -0.05) is 0 Å². The van der Waals surface area contributed by atoms with Crippen LogP contribution in [0, 0.1) is 5.92 Å². The average Bonchev–Trinajstić information content (AvgIpc) is 2.46. The molecule has 0 aromatic heterocycles. The average molecular weight is 314 g/mol. The molecule has 0 saturated carbocycles. The van der Waals surface area contributed by atoms with Gasteiger partial charge in [0.15, 0.2) is 0 Å². The Balaban J connectivity index is 2.45. The Kier molecular flexibility index (Phi) is 6.38. The fraction of sp³-hybridized carbons (Fsp3) is 0.833. The van der Waals surface area contributed by atoms with Crippen LogP contribution in [0.1, 0.15) is 19.3 Å².